The van der Waals surface area contributed by atoms with Crippen LogP contribution in [0.25, 0.3) is 0 Å². The van der Waals surface area contributed by atoms with Crippen molar-refractivity contribution in [3.63, 3.8) is 0 Å². The molecule has 0 aromatic heterocycles. The summed E-state index contributed by atoms with van der Waals surface area (Å²) in [6.07, 6.45) is 11.0. The second-order valence-electron chi connectivity index (χ2n) is 7.98. The summed E-state index contributed by atoms with van der Waals surface area (Å²) in [5.74, 6) is 0.885. The van der Waals surface area contributed by atoms with Crippen LogP contribution in [0.3, 0.4) is 0 Å². The highest BCUT2D eigenvalue weighted by Gasteiger charge is 2.32. The molecule has 6 heteroatoms. The van der Waals surface area contributed by atoms with Gasteiger partial charge in [0.05, 0.1) is 19.3 Å². The number of carbonyl (C=O) groups excluding carboxylic acids is 2. The molecule has 1 aliphatic carbocycles. The number of aliphatic hydroxyl groups excluding tert-OH is 2. The Morgan fingerprint density at radius 1 is 1.31 bits per heavy atom. The molecule has 0 radical (unpaired) electrons. The van der Waals surface area contributed by atoms with Crippen LogP contribution in [0.5, 0.6) is 0 Å². The van der Waals surface area contributed by atoms with E-state index in [2.05, 4.69) is 18.6 Å². The van der Waals surface area contributed by atoms with E-state index in [0.29, 0.717) is 30.8 Å². The molecule has 0 amide bonds. The van der Waals surface area contributed by atoms with E-state index in [1.165, 1.54) is 13.5 Å². The van der Waals surface area contributed by atoms with Gasteiger partial charge in [-0.25, -0.2) is 0 Å². The van der Waals surface area contributed by atoms with Gasteiger partial charge in [-0.2, -0.15) is 0 Å². The van der Waals surface area contributed by atoms with Gasteiger partial charge >= 0.3 is 5.97 Å². The predicted octanol–water partition coefficient (Wildman–Crippen LogP) is 4.42. The molecule has 0 aliphatic heterocycles. The van der Waals surface area contributed by atoms with Crippen molar-refractivity contribution >= 4 is 24.0 Å². The molecule has 0 aromatic rings. The maximum absolute atomic E-state index is 11.4. The molecule has 0 bridgehead atoms. The maximum atomic E-state index is 11.4. The number of unbranched alkanes of at least 4 members (excludes halogenated alkanes) is 3. The van der Waals surface area contributed by atoms with Crippen molar-refractivity contribution in [1.82, 2.24) is 0 Å². The number of esters is 1. The summed E-state index contributed by atoms with van der Waals surface area (Å²) in [6.45, 7) is 4.32. The first-order chi connectivity index (χ1) is 13.9. The number of rotatable bonds is 15. The van der Waals surface area contributed by atoms with Crippen LogP contribution < -0.4 is 0 Å². The number of hydrogen-bond acceptors (Lipinski definition) is 6. The van der Waals surface area contributed by atoms with E-state index in [-0.39, 0.29) is 11.9 Å². The van der Waals surface area contributed by atoms with Gasteiger partial charge in [-0.05, 0) is 30.9 Å². The van der Waals surface area contributed by atoms with Gasteiger partial charge in [-0.15, -0.1) is 11.8 Å². The fourth-order valence-electron chi connectivity index (χ4n) is 3.59. The molecule has 1 rings (SSSR count). The van der Waals surface area contributed by atoms with E-state index in [9.17, 15) is 19.8 Å². The summed E-state index contributed by atoms with van der Waals surface area (Å²) in [4.78, 5) is 23.5. The van der Waals surface area contributed by atoms with Gasteiger partial charge in [-0.1, -0.05) is 51.7 Å². The summed E-state index contributed by atoms with van der Waals surface area (Å²) in [6, 6.07) is 0. The molecule has 0 heterocycles. The van der Waals surface area contributed by atoms with Crippen molar-refractivity contribution < 1.29 is 24.5 Å². The summed E-state index contributed by atoms with van der Waals surface area (Å²) < 4.78 is 4.64. The minimum atomic E-state index is -0.613. The molecule has 166 valence electrons. The zero-order chi connectivity index (χ0) is 21.6. The lowest BCUT2D eigenvalue weighted by Gasteiger charge is -2.17. The van der Waals surface area contributed by atoms with E-state index < -0.39 is 12.2 Å². The standard InChI is InChI=1S/C23H38O5S/c1-4-5-9-17(2)14-19(25)11-12-20-21(26)15-18(16-24)23(20)29-13-8-6-7-10-22(27)28-3/h11-12,16-17,19-21,25-26H,4-10,13-15H2,1-3H3/t17-,19-,20+,21-/m1/s1. The number of carbonyl (C=O) groups is 2. The van der Waals surface area contributed by atoms with Crippen LogP contribution in [0.4, 0.5) is 0 Å². The lowest BCUT2D eigenvalue weighted by Crippen LogP contribution is -2.15. The Morgan fingerprint density at radius 2 is 2.07 bits per heavy atom. The topological polar surface area (TPSA) is 83.8 Å². The molecule has 0 saturated carbocycles. The van der Waals surface area contributed by atoms with Gasteiger partial charge in [0.25, 0.3) is 0 Å². The summed E-state index contributed by atoms with van der Waals surface area (Å²) in [5.41, 5.74) is 0.664. The van der Waals surface area contributed by atoms with Gasteiger partial charge in [0, 0.05) is 29.2 Å². The molecule has 4 atom stereocenters. The molecule has 29 heavy (non-hydrogen) atoms. The Labute approximate surface area is 180 Å². The second kappa shape index (κ2) is 14.8. The molecular formula is C23H38O5S. The van der Waals surface area contributed by atoms with E-state index in [0.717, 1.165) is 49.0 Å². The van der Waals surface area contributed by atoms with Crippen LogP contribution in [0.15, 0.2) is 22.6 Å². The summed E-state index contributed by atoms with van der Waals surface area (Å²) >= 11 is 1.61. The molecular weight excluding hydrogens is 388 g/mol. The van der Waals surface area contributed by atoms with E-state index >= 15 is 0 Å². The number of hydrogen-bond donors (Lipinski definition) is 2. The normalized spacial score (nSPS) is 21.6. The maximum Gasteiger partial charge on any atom is 0.305 e. The van der Waals surface area contributed by atoms with Crippen molar-refractivity contribution in [1.29, 1.82) is 0 Å². The molecule has 5 nitrogen and oxygen atoms in total. The van der Waals surface area contributed by atoms with Crippen LogP contribution >= 0.6 is 11.8 Å². The Hall–Kier alpha value is -1.11. The molecule has 0 fully saturated rings. The molecule has 2 N–H and O–H groups in total. The molecule has 0 unspecified atom stereocenters. The van der Waals surface area contributed by atoms with Gasteiger partial charge in [0.15, 0.2) is 0 Å². The highest BCUT2D eigenvalue weighted by molar-refractivity contribution is 8.03. The van der Waals surface area contributed by atoms with Crippen LogP contribution in [-0.2, 0) is 14.3 Å². The molecule has 1 aliphatic rings. The fraction of sp³-hybridized carbons (Fsp3) is 0.739. The largest absolute Gasteiger partial charge is 0.469 e. The molecule has 0 spiro atoms. The van der Waals surface area contributed by atoms with E-state index in [1.54, 1.807) is 17.8 Å². The van der Waals surface area contributed by atoms with E-state index in [4.69, 9.17) is 0 Å². The number of methoxy groups -OCH3 is 1. The van der Waals surface area contributed by atoms with Crippen molar-refractivity contribution in [2.45, 2.75) is 83.8 Å². The quantitative estimate of drug-likeness (QED) is 0.175. The van der Waals surface area contributed by atoms with Crippen LogP contribution in [0.2, 0.25) is 0 Å². The Balaban J connectivity index is 2.53. The second-order valence-corrected chi connectivity index (χ2v) is 9.11. The third-order valence-corrected chi connectivity index (χ3v) is 6.69. The smallest absolute Gasteiger partial charge is 0.305 e. The molecule has 0 aromatic carbocycles. The Morgan fingerprint density at radius 3 is 2.72 bits per heavy atom. The lowest BCUT2D eigenvalue weighted by molar-refractivity contribution is -0.140. The first kappa shape index (κ1) is 25.9. The van der Waals surface area contributed by atoms with Gasteiger partial charge in [0.2, 0.25) is 0 Å². The zero-order valence-corrected chi connectivity index (χ0v) is 19.0. The molecule has 0 saturated heterocycles. The van der Waals surface area contributed by atoms with Crippen molar-refractivity contribution in [3.8, 4) is 0 Å². The van der Waals surface area contributed by atoms with Crippen molar-refractivity contribution in [2.75, 3.05) is 12.9 Å². The first-order valence-electron chi connectivity index (χ1n) is 10.8. The van der Waals surface area contributed by atoms with Crippen LogP contribution in [-0.4, -0.2) is 47.5 Å². The van der Waals surface area contributed by atoms with Crippen LogP contribution in [0.1, 0.15) is 71.6 Å². The minimum absolute atomic E-state index is 0.185. The number of ether oxygens (including phenoxy) is 1. The zero-order valence-electron chi connectivity index (χ0n) is 18.1. The summed E-state index contributed by atoms with van der Waals surface area (Å²) in [7, 11) is 1.40. The third kappa shape index (κ3) is 9.96. The SMILES string of the molecule is CCCC[C@@H](C)C[C@H](O)C=C[C@@H]1C(SCCCCCC(=O)OC)=C(C=O)C[C@H]1O. The van der Waals surface area contributed by atoms with Crippen molar-refractivity contribution in [2.24, 2.45) is 11.8 Å². The average molecular weight is 427 g/mol. The predicted molar refractivity (Wildman–Crippen MR) is 119 cm³/mol. The number of aliphatic hydroxyl groups is 2. The van der Waals surface area contributed by atoms with Gasteiger partial charge in [-0.3, -0.25) is 9.59 Å². The first-order valence-corrected chi connectivity index (χ1v) is 11.8. The van der Waals surface area contributed by atoms with Gasteiger partial charge in [0.1, 0.15) is 6.29 Å². The average Bonchev–Trinajstić information content (AvgIpc) is 3.01. The number of aldehydes is 1. The van der Waals surface area contributed by atoms with Crippen molar-refractivity contribution in [3.05, 3.63) is 22.6 Å². The minimum Gasteiger partial charge on any atom is -0.469 e. The highest BCUT2D eigenvalue weighted by atomic mass is 32.2. The summed E-state index contributed by atoms with van der Waals surface area (Å²) in [5, 5.41) is 20.7. The lowest BCUT2D eigenvalue weighted by atomic mass is 9.96. The van der Waals surface area contributed by atoms with E-state index in [1.807, 2.05) is 6.08 Å². The Kier molecular flexibility index (Phi) is 13.2. The Bertz CT molecular complexity index is 557. The number of thioether (sulfide) groups is 1. The fourth-order valence-corrected chi connectivity index (χ4v) is 4.91. The van der Waals surface area contributed by atoms with Gasteiger partial charge < -0.3 is 14.9 Å². The third-order valence-electron chi connectivity index (χ3n) is 5.35. The monoisotopic (exact) mass is 426 g/mol. The van der Waals surface area contributed by atoms with Crippen LogP contribution in [0, 0.1) is 11.8 Å². The highest BCUT2D eigenvalue weighted by Crippen LogP contribution is 2.40.